The Balaban J connectivity index is 2.30. The van der Waals surface area contributed by atoms with Crippen molar-refractivity contribution in [2.24, 2.45) is 5.92 Å². The van der Waals surface area contributed by atoms with Gasteiger partial charge < -0.3 is 10.2 Å². The summed E-state index contributed by atoms with van der Waals surface area (Å²) >= 11 is 0. The van der Waals surface area contributed by atoms with Crippen molar-refractivity contribution in [2.45, 2.75) is 33.6 Å². The Morgan fingerprint density at radius 2 is 1.68 bits per heavy atom. The van der Waals surface area contributed by atoms with Crippen LogP contribution in [0.25, 0.3) is 12.2 Å². The molecule has 0 unspecified atom stereocenters. The Hall–Kier alpha value is -2.22. The number of benzene rings is 2. The topological polar surface area (TPSA) is 40.5 Å². The molecular weight excluding hydrogens is 272 g/mol. The van der Waals surface area contributed by atoms with Crippen molar-refractivity contribution in [1.82, 2.24) is 0 Å². The smallest absolute Gasteiger partial charge is 0.123 e. The highest BCUT2D eigenvalue weighted by atomic mass is 16.3. The molecule has 116 valence electrons. The van der Waals surface area contributed by atoms with Crippen LogP contribution in [0.1, 0.15) is 42.5 Å². The molecule has 0 fully saturated rings. The van der Waals surface area contributed by atoms with Crippen molar-refractivity contribution in [3.05, 3.63) is 58.7 Å². The molecular formula is C20H24O2. The quantitative estimate of drug-likeness (QED) is 0.748. The fraction of sp³-hybridized carbons (Fsp3) is 0.300. The SMILES string of the molecule is Cc1ccc(/C=C/c2cc(O)cc(O)c2CCC(C)C)cc1. The van der Waals surface area contributed by atoms with E-state index in [1.165, 1.54) is 11.6 Å². The standard InChI is InChI=1S/C20H24O2/c1-14(2)4-11-19-17(12-18(21)13-20(19)22)10-9-16-7-5-15(3)6-8-16/h5-10,12-14,21-22H,4,11H2,1-3H3/b10-9+. The summed E-state index contributed by atoms with van der Waals surface area (Å²) < 4.78 is 0. The number of phenolic OH excluding ortho intramolecular Hbond substituents is 2. The van der Waals surface area contributed by atoms with Crippen molar-refractivity contribution in [2.75, 3.05) is 0 Å². The van der Waals surface area contributed by atoms with E-state index in [2.05, 4.69) is 45.0 Å². The van der Waals surface area contributed by atoms with Crippen LogP contribution in [0.15, 0.2) is 36.4 Å². The summed E-state index contributed by atoms with van der Waals surface area (Å²) in [4.78, 5) is 0. The highest BCUT2D eigenvalue weighted by molar-refractivity contribution is 5.73. The van der Waals surface area contributed by atoms with E-state index in [1.54, 1.807) is 6.07 Å². The molecule has 2 nitrogen and oxygen atoms in total. The Labute approximate surface area is 132 Å². The maximum atomic E-state index is 10.1. The van der Waals surface area contributed by atoms with Crippen LogP contribution in [-0.4, -0.2) is 10.2 Å². The minimum absolute atomic E-state index is 0.0920. The van der Waals surface area contributed by atoms with Gasteiger partial charge in [0.05, 0.1) is 0 Å². The fourth-order valence-corrected chi connectivity index (χ4v) is 2.38. The highest BCUT2D eigenvalue weighted by Crippen LogP contribution is 2.30. The first kappa shape index (κ1) is 16.2. The Morgan fingerprint density at radius 1 is 1.00 bits per heavy atom. The minimum atomic E-state index is 0.0920. The molecule has 0 bridgehead atoms. The second-order valence-corrected chi connectivity index (χ2v) is 6.21. The zero-order chi connectivity index (χ0) is 16.1. The van der Waals surface area contributed by atoms with Crippen LogP contribution in [0.4, 0.5) is 0 Å². The van der Waals surface area contributed by atoms with E-state index in [1.807, 2.05) is 12.2 Å². The molecule has 0 saturated carbocycles. The number of aryl methyl sites for hydroxylation is 1. The first-order valence-corrected chi connectivity index (χ1v) is 7.75. The monoisotopic (exact) mass is 296 g/mol. The van der Waals surface area contributed by atoms with Gasteiger partial charge >= 0.3 is 0 Å². The van der Waals surface area contributed by atoms with Gasteiger partial charge in [0, 0.05) is 11.6 Å². The summed E-state index contributed by atoms with van der Waals surface area (Å²) in [6.07, 6.45) is 5.77. The van der Waals surface area contributed by atoms with Crippen LogP contribution in [0.3, 0.4) is 0 Å². The molecule has 0 aliphatic rings. The second-order valence-electron chi connectivity index (χ2n) is 6.21. The molecule has 0 aliphatic heterocycles. The molecule has 0 spiro atoms. The first-order valence-electron chi connectivity index (χ1n) is 7.75. The lowest BCUT2D eigenvalue weighted by Crippen LogP contribution is -1.95. The molecule has 0 amide bonds. The zero-order valence-corrected chi connectivity index (χ0v) is 13.5. The van der Waals surface area contributed by atoms with Gasteiger partial charge in [0.2, 0.25) is 0 Å². The van der Waals surface area contributed by atoms with E-state index >= 15 is 0 Å². The third-order valence-corrected chi connectivity index (χ3v) is 3.75. The molecule has 0 atom stereocenters. The molecule has 2 rings (SSSR count). The average molecular weight is 296 g/mol. The first-order chi connectivity index (χ1) is 10.5. The molecule has 0 saturated heterocycles. The van der Waals surface area contributed by atoms with Gasteiger partial charge in [-0.2, -0.15) is 0 Å². The van der Waals surface area contributed by atoms with Gasteiger partial charge in [-0.25, -0.2) is 0 Å². The van der Waals surface area contributed by atoms with Crippen molar-refractivity contribution < 1.29 is 10.2 Å². The molecule has 0 radical (unpaired) electrons. The molecule has 2 heteroatoms. The maximum Gasteiger partial charge on any atom is 0.123 e. The van der Waals surface area contributed by atoms with E-state index in [-0.39, 0.29) is 11.5 Å². The summed E-state index contributed by atoms with van der Waals surface area (Å²) in [5, 5.41) is 19.9. The van der Waals surface area contributed by atoms with E-state index < -0.39 is 0 Å². The highest BCUT2D eigenvalue weighted by Gasteiger charge is 2.09. The molecule has 0 aromatic heterocycles. The fourth-order valence-electron chi connectivity index (χ4n) is 2.38. The number of phenols is 2. The Kier molecular flexibility index (Phi) is 5.26. The maximum absolute atomic E-state index is 10.1. The van der Waals surface area contributed by atoms with Gasteiger partial charge in [0.15, 0.2) is 0 Å². The summed E-state index contributed by atoms with van der Waals surface area (Å²) in [6, 6.07) is 11.4. The lowest BCUT2D eigenvalue weighted by molar-refractivity contribution is 0.443. The second kappa shape index (κ2) is 7.17. The van der Waals surface area contributed by atoms with E-state index in [0.717, 1.165) is 29.5 Å². The zero-order valence-electron chi connectivity index (χ0n) is 13.5. The normalized spacial score (nSPS) is 11.5. The van der Waals surface area contributed by atoms with Gasteiger partial charge in [-0.05, 0) is 42.9 Å². The summed E-state index contributed by atoms with van der Waals surface area (Å²) in [5.74, 6) is 0.834. The summed E-state index contributed by atoms with van der Waals surface area (Å²) in [7, 11) is 0. The van der Waals surface area contributed by atoms with Crippen molar-refractivity contribution in [3.8, 4) is 11.5 Å². The average Bonchev–Trinajstić information content (AvgIpc) is 2.45. The van der Waals surface area contributed by atoms with Gasteiger partial charge in [0.1, 0.15) is 11.5 Å². The predicted molar refractivity (Wildman–Crippen MR) is 93.0 cm³/mol. The number of hydrogen-bond acceptors (Lipinski definition) is 2. The van der Waals surface area contributed by atoms with Crippen LogP contribution < -0.4 is 0 Å². The lowest BCUT2D eigenvalue weighted by Gasteiger charge is -2.11. The van der Waals surface area contributed by atoms with Gasteiger partial charge in [-0.3, -0.25) is 0 Å². The van der Waals surface area contributed by atoms with Crippen LogP contribution in [0.5, 0.6) is 11.5 Å². The van der Waals surface area contributed by atoms with E-state index in [9.17, 15) is 10.2 Å². The molecule has 22 heavy (non-hydrogen) atoms. The molecule has 2 N–H and O–H groups in total. The van der Waals surface area contributed by atoms with Crippen LogP contribution >= 0.6 is 0 Å². The number of hydrogen-bond donors (Lipinski definition) is 2. The Bertz CT molecular complexity index is 652. The largest absolute Gasteiger partial charge is 0.508 e. The van der Waals surface area contributed by atoms with Crippen molar-refractivity contribution in [3.63, 3.8) is 0 Å². The Morgan fingerprint density at radius 3 is 2.32 bits per heavy atom. The number of aromatic hydroxyl groups is 2. The van der Waals surface area contributed by atoms with Crippen LogP contribution in [0, 0.1) is 12.8 Å². The molecule has 2 aromatic carbocycles. The summed E-state index contributed by atoms with van der Waals surface area (Å²) in [6.45, 7) is 6.39. The minimum Gasteiger partial charge on any atom is -0.508 e. The van der Waals surface area contributed by atoms with Gasteiger partial charge in [-0.15, -0.1) is 0 Å². The predicted octanol–water partition coefficient (Wildman–Crippen LogP) is 5.17. The van der Waals surface area contributed by atoms with E-state index in [0.29, 0.717) is 5.92 Å². The van der Waals surface area contributed by atoms with Gasteiger partial charge in [0.25, 0.3) is 0 Å². The molecule has 0 aliphatic carbocycles. The van der Waals surface area contributed by atoms with Crippen LogP contribution in [0.2, 0.25) is 0 Å². The summed E-state index contributed by atoms with van der Waals surface area (Å²) in [5.41, 5.74) is 4.10. The third-order valence-electron chi connectivity index (χ3n) is 3.75. The third kappa shape index (κ3) is 4.39. The van der Waals surface area contributed by atoms with Crippen LogP contribution in [-0.2, 0) is 6.42 Å². The van der Waals surface area contributed by atoms with Crippen molar-refractivity contribution >= 4 is 12.2 Å². The number of rotatable bonds is 5. The van der Waals surface area contributed by atoms with E-state index in [4.69, 9.17) is 0 Å². The van der Waals surface area contributed by atoms with Gasteiger partial charge in [-0.1, -0.05) is 55.8 Å². The van der Waals surface area contributed by atoms with Crippen molar-refractivity contribution in [1.29, 1.82) is 0 Å². The molecule has 0 heterocycles. The molecule has 2 aromatic rings. The lowest BCUT2D eigenvalue weighted by atomic mass is 9.96.